The fourth-order valence-corrected chi connectivity index (χ4v) is 6.88. The minimum absolute atomic E-state index is 0.228. The van der Waals surface area contributed by atoms with Crippen LogP contribution in [0.25, 0.3) is 10.9 Å². The summed E-state index contributed by atoms with van der Waals surface area (Å²) < 4.78 is 0. The molecule has 3 aliphatic rings. The van der Waals surface area contributed by atoms with Gasteiger partial charge in [-0.05, 0) is 48.4 Å². The summed E-state index contributed by atoms with van der Waals surface area (Å²) in [5.41, 5.74) is 2.42. The highest BCUT2D eigenvalue weighted by Crippen LogP contribution is 2.55. The van der Waals surface area contributed by atoms with E-state index in [1.807, 2.05) is 30.5 Å². The van der Waals surface area contributed by atoms with E-state index in [0.717, 1.165) is 16.5 Å². The normalized spacial score (nSPS) is 25.0. The number of rotatable bonds is 4. The number of carbonyl (C=O) groups is 4. The van der Waals surface area contributed by atoms with Crippen LogP contribution in [-0.4, -0.2) is 34.7 Å². The number of benzene rings is 3. The number of imide groups is 1. The van der Waals surface area contributed by atoms with Crippen molar-refractivity contribution < 1.29 is 19.2 Å². The highest BCUT2D eigenvalue weighted by atomic mass is 35.5. The molecule has 7 rings (SSSR count). The number of amides is 4. The summed E-state index contributed by atoms with van der Waals surface area (Å²) in [6, 6.07) is 19.1. The Morgan fingerprint density at radius 2 is 1.77 bits per heavy atom. The smallest absolute Gasteiger partial charge is 0.250 e. The van der Waals surface area contributed by atoms with Crippen molar-refractivity contribution >= 4 is 63.2 Å². The van der Waals surface area contributed by atoms with Gasteiger partial charge in [0.2, 0.25) is 23.6 Å². The summed E-state index contributed by atoms with van der Waals surface area (Å²) >= 11 is 6.46. The molecule has 3 aromatic carbocycles. The number of anilines is 3. The highest BCUT2D eigenvalue weighted by molar-refractivity contribution is 6.35. The van der Waals surface area contributed by atoms with Gasteiger partial charge in [0.05, 0.1) is 28.2 Å². The van der Waals surface area contributed by atoms with Crippen LogP contribution in [0.2, 0.25) is 5.02 Å². The van der Waals surface area contributed by atoms with Crippen molar-refractivity contribution in [3.05, 3.63) is 89.1 Å². The van der Waals surface area contributed by atoms with E-state index in [1.165, 1.54) is 11.8 Å². The molecule has 200 valence electrons. The molecule has 9 nitrogen and oxygen atoms in total. The second-order valence-electron chi connectivity index (χ2n) is 10.5. The largest absolute Gasteiger partial charge is 0.361 e. The van der Waals surface area contributed by atoms with E-state index in [9.17, 15) is 19.2 Å². The third kappa shape index (κ3) is 3.38. The quantitative estimate of drug-likeness (QED) is 0.285. The first-order valence-corrected chi connectivity index (χ1v) is 13.4. The van der Waals surface area contributed by atoms with E-state index >= 15 is 0 Å². The number of hydrogen-bond donors (Lipinski definition) is 4. The minimum Gasteiger partial charge on any atom is -0.361 e. The number of nitrogens with one attached hydrogen (secondary N) is 4. The van der Waals surface area contributed by atoms with Gasteiger partial charge in [0.25, 0.3) is 0 Å². The molecule has 1 spiro atoms. The molecular formula is C30H24ClN5O4. The number of nitrogens with zero attached hydrogens (tertiary/aromatic N) is 1. The standard InChI is InChI=1S/C30H24ClN5O4/c1-15(37)33-17-9-11-18(12-10-17)36-27(38)24-23(13-16-14-32-22-8-3-2-5-19(16)22)35-30(25(24)28(36)39)20-6-4-7-21(31)26(20)34-29(30)40/h2-12,14,23-25,32,35H,13H2,1H3,(H,33,37)(H,34,40). The molecule has 4 N–H and O–H groups in total. The Morgan fingerprint density at radius 3 is 2.55 bits per heavy atom. The number of aromatic amines is 1. The van der Waals surface area contributed by atoms with Gasteiger partial charge in [-0.3, -0.25) is 24.5 Å². The summed E-state index contributed by atoms with van der Waals surface area (Å²) in [6.07, 6.45) is 2.33. The number of carbonyl (C=O) groups excluding carboxylic acids is 4. The van der Waals surface area contributed by atoms with Crippen LogP contribution >= 0.6 is 11.6 Å². The van der Waals surface area contributed by atoms with Gasteiger partial charge in [-0.1, -0.05) is 41.9 Å². The Balaban J connectivity index is 1.34. The van der Waals surface area contributed by atoms with Crippen LogP contribution in [0.15, 0.2) is 72.9 Å². The average molecular weight is 554 g/mol. The van der Waals surface area contributed by atoms with Gasteiger partial charge in [-0.25, -0.2) is 4.90 Å². The molecule has 0 aliphatic carbocycles. The van der Waals surface area contributed by atoms with Crippen molar-refractivity contribution in [3.8, 4) is 0 Å². The second kappa shape index (κ2) is 8.77. The third-order valence-electron chi connectivity index (χ3n) is 8.26. The average Bonchev–Trinajstić information content (AvgIpc) is 3.64. The number of hydrogen-bond acceptors (Lipinski definition) is 5. The molecule has 0 bridgehead atoms. The lowest BCUT2D eigenvalue weighted by Gasteiger charge is -2.29. The molecule has 4 atom stereocenters. The van der Waals surface area contributed by atoms with Crippen molar-refractivity contribution in [1.82, 2.24) is 10.3 Å². The maximum absolute atomic E-state index is 14.2. The first-order chi connectivity index (χ1) is 19.3. The Labute approximate surface area is 233 Å². The molecule has 0 radical (unpaired) electrons. The van der Waals surface area contributed by atoms with Crippen LogP contribution in [0.5, 0.6) is 0 Å². The molecule has 10 heteroatoms. The molecule has 4 aromatic rings. The van der Waals surface area contributed by atoms with Crippen molar-refractivity contribution in [3.63, 3.8) is 0 Å². The Bertz CT molecular complexity index is 1750. The number of aromatic nitrogens is 1. The Hall–Kier alpha value is -4.47. The molecule has 0 saturated carbocycles. The van der Waals surface area contributed by atoms with Gasteiger partial charge in [0.1, 0.15) is 5.54 Å². The summed E-state index contributed by atoms with van der Waals surface area (Å²) in [5, 5.41) is 10.4. The number of halogens is 1. The van der Waals surface area contributed by atoms with E-state index in [-0.39, 0.29) is 11.8 Å². The van der Waals surface area contributed by atoms with E-state index in [4.69, 9.17) is 11.6 Å². The number of H-pyrrole nitrogens is 1. The predicted octanol–water partition coefficient (Wildman–Crippen LogP) is 3.95. The zero-order valence-electron chi connectivity index (χ0n) is 21.3. The maximum Gasteiger partial charge on any atom is 0.250 e. The van der Waals surface area contributed by atoms with Gasteiger partial charge in [-0.2, -0.15) is 0 Å². The van der Waals surface area contributed by atoms with Gasteiger partial charge >= 0.3 is 0 Å². The molecule has 1 aromatic heterocycles. The van der Waals surface area contributed by atoms with E-state index < -0.39 is 35.2 Å². The first kappa shape index (κ1) is 24.6. The summed E-state index contributed by atoms with van der Waals surface area (Å²) in [7, 11) is 0. The van der Waals surface area contributed by atoms with Gasteiger partial charge in [0, 0.05) is 41.3 Å². The van der Waals surface area contributed by atoms with Crippen LogP contribution in [-0.2, 0) is 31.1 Å². The Morgan fingerprint density at radius 1 is 1.00 bits per heavy atom. The molecule has 3 aliphatic heterocycles. The van der Waals surface area contributed by atoms with Gasteiger partial charge in [-0.15, -0.1) is 0 Å². The van der Waals surface area contributed by atoms with Crippen LogP contribution in [0.4, 0.5) is 17.1 Å². The number of fused-ring (bicyclic) bond motifs is 5. The monoisotopic (exact) mass is 553 g/mol. The molecule has 40 heavy (non-hydrogen) atoms. The molecule has 4 amide bonds. The molecule has 2 saturated heterocycles. The first-order valence-electron chi connectivity index (χ1n) is 13.0. The lowest BCUT2D eigenvalue weighted by atomic mass is 9.76. The van der Waals surface area contributed by atoms with Crippen molar-refractivity contribution in [2.24, 2.45) is 11.8 Å². The fraction of sp³-hybridized carbons (Fsp3) is 0.200. The summed E-state index contributed by atoms with van der Waals surface area (Å²) in [6.45, 7) is 1.40. The SMILES string of the molecule is CC(=O)Nc1ccc(N2C(=O)C3C(Cc4c[nH]c5ccccc45)NC4(C(=O)Nc5c(Cl)cccc54)C3C2=O)cc1. The zero-order valence-corrected chi connectivity index (χ0v) is 22.1. The Kier molecular flexibility index (Phi) is 5.39. The van der Waals surface area contributed by atoms with E-state index in [2.05, 4.69) is 20.9 Å². The zero-order chi connectivity index (χ0) is 27.8. The van der Waals surface area contributed by atoms with Crippen molar-refractivity contribution in [2.75, 3.05) is 15.5 Å². The summed E-state index contributed by atoms with van der Waals surface area (Å²) in [5.74, 6) is -3.25. The van der Waals surface area contributed by atoms with Crippen LogP contribution < -0.4 is 20.9 Å². The topological polar surface area (TPSA) is 123 Å². The number of para-hydroxylation sites is 2. The molecule has 4 heterocycles. The minimum atomic E-state index is -1.46. The second-order valence-corrected chi connectivity index (χ2v) is 10.9. The fourth-order valence-electron chi connectivity index (χ4n) is 6.66. The van der Waals surface area contributed by atoms with E-state index in [0.29, 0.717) is 34.1 Å². The third-order valence-corrected chi connectivity index (χ3v) is 8.57. The summed E-state index contributed by atoms with van der Waals surface area (Å²) in [4.78, 5) is 58.0. The maximum atomic E-state index is 14.2. The molecular weight excluding hydrogens is 530 g/mol. The van der Waals surface area contributed by atoms with Gasteiger partial charge < -0.3 is 15.6 Å². The van der Waals surface area contributed by atoms with Crippen molar-refractivity contribution in [1.29, 1.82) is 0 Å². The van der Waals surface area contributed by atoms with E-state index in [1.54, 1.807) is 42.5 Å². The van der Waals surface area contributed by atoms with Crippen molar-refractivity contribution in [2.45, 2.75) is 24.9 Å². The van der Waals surface area contributed by atoms with Crippen LogP contribution in [0, 0.1) is 11.8 Å². The lowest BCUT2D eigenvalue weighted by molar-refractivity contribution is -0.130. The van der Waals surface area contributed by atoms with Crippen LogP contribution in [0.1, 0.15) is 18.1 Å². The highest BCUT2D eigenvalue weighted by Gasteiger charge is 2.70. The van der Waals surface area contributed by atoms with Crippen LogP contribution in [0.3, 0.4) is 0 Å². The lowest BCUT2D eigenvalue weighted by Crippen LogP contribution is -2.53. The molecule has 2 fully saturated rings. The predicted molar refractivity (Wildman–Crippen MR) is 151 cm³/mol. The van der Waals surface area contributed by atoms with Gasteiger partial charge in [0.15, 0.2) is 0 Å². The molecule has 4 unspecified atom stereocenters.